The molecule has 1 N–H and O–H groups in total. The highest BCUT2D eigenvalue weighted by Gasteiger charge is 2.22. The van der Waals surface area contributed by atoms with Crippen LogP contribution in [0.15, 0.2) is 36.4 Å². The molecular weight excluding hydrogens is 305 g/mol. The number of anilines is 2. The molecule has 0 unspecified atom stereocenters. The molecule has 23 heavy (non-hydrogen) atoms. The Kier molecular flexibility index (Phi) is 4.23. The standard InChI is InChI=1S/C17H15F3N2O/c18-12-7-13(19)9-14(8-12)21-16(23)10-22-6-2-4-11-3-1-5-15(20)17(11)22/h1,3,5,7-9H,2,4,6,10H2,(H,21,23). The minimum atomic E-state index is -0.769. The van der Waals surface area contributed by atoms with E-state index < -0.39 is 17.5 Å². The van der Waals surface area contributed by atoms with Crippen molar-refractivity contribution < 1.29 is 18.0 Å². The average molecular weight is 320 g/mol. The van der Waals surface area contributed by atoms with E-state index in [0.29, 0.717) is 12.2 Å². The van der Waals surface area contributed by atoms with Crippen LogP contribution in [0, 0.1) is 17.5 Å². The molecule has 3 nitrogen and oxygen atoms in total. The molecule has 2 aromatic carbocycles. The van der Waals surface area contributed by atoms with Crippen LogP contribution in [0.1, 0.15) is 12.0 Å². The summed E-state index contributed by atoms with van der Waals surface area (Å²) < 4.78 is 40.3. The molecule has 1 amide bonds. The fraction of sp³-hybridized carbons (Fsp3) is 0.235. The van der Waals surface area contributed by atoms with Crippen LogP contribution >= 0.6 is 0 Å². The Morgan fingerprint density at radius 1 is 1.13 bits per heavy atom. The van der Waals surface area contributed by atoms with Gasteiger partial charge in [-0.05, 0) is 36.6 Å². The van der Waals surface area contributed by atoms with Gasteiger partial charge in [-0.2, -0.15) is 0 Å². The zero-order valence-corrected chi connectivity index (χ0v) is 12.3. The largest absolute Gasteiger partial charge is 0.360 e. The highest BCUT2D eigenvalue weighted by molar-refractivity contribution is 5.94. The number of hydrogen-bond acceptors (Lipinski definition) is 2. The van der Waals surface area contributed by atoms with Gasteiger partial charge in [-0.1, -0.05) is 12.1 Å². The molecule has 3 rings (SSSR count). The van der Waals surface area contributed by atoms with Crippen molar-refractivity contribution in [2.75, 3.05) is 23.3 Å². The smallest absolute Gasteiger partial charge is 0.243 e. The summed E-state index contributed by atoms with van der Waals surface area (Å²) >= 11 is 0. The van der Waals surface area contributed by atoms with Gasteiger partial charge >= 0.3 is 0 Å². The molecule has 0 atom stereocenters. The van der Waals surface area contributed by atoms with Crippen molar-refractivity contribution >= 4 is 17.3 Å². The normalized spacial score (nSPS) is 13.6. The summed E-state index contributed by atoms with van der Waals surface area (Å²) in [6.45, 7) is 0.477. The Hall–Kier alpha value is -2.50. The number of rotatable bonds is 3. The third kappa shape index (κ3) is 3.47. The van der Waals surface area contributed by atoms with Crippen molar-refractivity contribution in [3.8, 4) is 0 Å². The summed E-state index contributed by atoms with van der Waals surface area (Å²) in [7, 11) is 0. The van der Waals surface area contributed by atoms with Gasteiger partial charge in [-0.15, -0.1) is 0 Å². The molecule has 0 saturated heterocycles. The van der Waals surface area contributed by atoms with Crippen molar-refractivity contribution in [3.05, 3.63) is 59.4 Å². The number of nitrogens with one attached hydrogen (secondary N) is 1. The zero-order chi connectivity index (χ0) is 16.4. The molecule has 0 fully saturated rings. The molecule has 1 aliphatic rings. The summed E-state index contributed by atoms with van der Waals surface area (Å²) in [6, 6.07) is 7.64. The molecule has 0 aromatic heterocycles. The molecule has 0 bridgehead atoms. The van der Waals surface area contributed by atoms with Crippen LogP contribution in [0.2, 0.25) is 0 Å². The molecule has 2 aromatic rings. The fourth-order valence-corrected chi connectivity index (χ4v) is 2.85. The Morgan fingerprint density at radius 2 is 1.87 bits per heavy atom. The lowest BCUT2D eigenvalue weighted by molar-refractivity contribution is -0.115. The van der Waals surface area contributed by atoms with E-state index in [2.05, 4.69) is 5.32 Å². The van der Waals surface area contributed by atoms with E-state index in [1.165, 1.54) is 6.07 Å². The van der Waals surface area contributed by atoms with Crippen LogP contribution < -0.4 is 10.2 Å². The van der Waals surface area contributed by atoms with Gasteiger partial charge in [0.25, 0.3) is 0 Å². The van der Waals surface area contributed by atoms with Crippen LogP contribution in [0.4, 0.5) is 24.5 Å². The van der Waals surface area contributed by atoms with E-state index in [4.69, 9.17) is 0 Å². The second kappa shape index (κ2) is 6.32. The van der Waals surface area contributed by atoms with Gasteiger partial charge in [0.1, 0.15) is 17.5 Å². The number of carbonyl (C=O) groups excluding carboxylic acids is 1. The predicted molar refractivity (Wildman–Crippen MR) is 81.9 cm³/mol. The van der Waals surface area contributed by atoms with Crippen molar-refractivity contribution in [1.29, 1.82) is 0 Å². The fourth-order valence-electron chi connectivity index (χ4n) is 2.85. The van der Waals surface area contributed by atoms with Gasteiger partial charge in [-0.25, -0.2) is 13.2 Å². The monoisotopic (exact) mass is 320 g/mol. The van der Waals surface area contributed by atoms with Crippen LogP contribution in [0.3, 0.4) is 0 Å². The summed E-state index contributed by atoms with van der Waals surface area (Å²) in [5, 5.41) is 2.44. The van der Waals surface area contributed by atoms with E-state index in [-0.39, 0.29) is 18.0 Å². The average Bonchev–Trinajstić information content (AvgIpc) is 2.46. The minimum Gasteiger partial charge on any atom is -0.360 e. The number of hydrogen-bond donors (Lipinski definition) is 1. The number of aryl methyl sites for hydroxylation is 1. The first-order chi connectivity index (χ1) is 11.0. The van der Waals surface area contributed by atoms with Crippen molar-refractivity contribution in [2.24, 2.45) is 0 Å². The van der Waals surface area contributed by atoms with Gasteiger partial charge in [-0.3, -0.25) is 4.79 Å². The van der Waals surface area contributed by atoms with E-state index in [0.717, 1.165) is 36.6 Å². The number of amides is 1. The molecule has 0 aliphatic carbocycles. The second-order valence-corrected chi connectivity index (χ2v) is 5.48. The van der Waals surface area contributed by atoms with E-state index >= 15 is 0 Å². The number of halogens is 3. The third-order valence-electron chi connectivity index (χ3n) is 3.74. The van der Waals surface area contributed by atoms with E-state index in [9.17, 15) is 18.0 Å². The van der Waals surface area contributed by atoms with Gasteiger partial charge in [0.15, 0.2) is 0 Å². The summed E-state index contributed by atoms with van der Waals surface area (Å²) in [4.78, 5) is 13.8. The first-order valence-electron chi connectivity index (χ1n) is 7.31. The lowest BCUT2D eigenvalue weighted by Crippen LogP contribution is -2.37. The summed E-state index contributed by atoms with van der Waals surface area (Å²) in [5.74, 6) is -2.36. The molecule has 6 heteroatoms. The van der Waals surface area contributed by atoms with Crippen LogP contribution in [0.25, 0.3) is 0 Å². The maximum atomic E-state index is 14.0. The first kappa shape index (κ1) is 15.4. The molecular formula is C17H15F3N2O. The first-order valence-corrected chi connectivity index (χ1v) is 7.31. The number of benzene rings is 2. The molecule has 0 radical (unpaired) electrons. The molecule has 120 valence electrons. The van der Waals surface area contributed by atoms with Gasteiger partial charge < -0.3 is 10.2 Å². The zero-order valence-electron chi connectivity index (χ0n) is 12.3. The number of fused-ring (bicyclic) bond motifs is 1. The number of carbonyl (C=O) groups is 1. The highest BCUT2D eigenvalue weighted by atomic mass is 19.1. The van der Waals surface area contributed by atoms with Crippen molar-refractivity contribution in [2.45, 2.75) is 12.8 Å². The van der Waals surface area contributed by atoms with Gasteiger partial charge in [0.2, 0.25) is 5.91 Å². The number of nitrogens with zero attached hydrogens (tertiary/aromatic N) is 1. The quantitative estimate of drug-likeness (QED) is 0.939. The van der Waals surface area contributed by atoms with Gasteiger partial charge in [0, 0.05) is 18.3 Å². The molecule has 1 aliphatic heterocycles. The molecule has 0 spiro atoms. The minimum absolute atomic E-state index is 0.0401. The molecule has 1 heterocycles. The lowest BCUT2D eigenvalue weighted by atomic mass is 10.0. The maximum absolute atomic E-state index is 14.0. The Bertz CT molecular complexity index is 728. The molecule has 0 saturated carbocycles. The topological polar surface area (TPSA) is 32.3 Å². The van der Waals surface area contributed by atoms with Crippen LogP contribution in [-0.2, 0) is 11.2 Å². The van der Waals surface area contributed by atoms with E-state index in [1.54, 1.807) is 11.0 Å². The summed E-state index contributed by atoms with van der Waals surface area (Å²) in [5.41, 5.74) is 1.33. The Morgan fingerprint density at radius 3 is 2.61 bits per heavy atom. The highest BCUT2D eigenvalue weighted by Crippen LogP contribution is 2.29. The van der Waals surface area contributed by atoms with Gasteiger partial charge in [0.05, 0.1) is 12.2 Å². The second-order valence-electron chi connectivity index (χ2n) is 5.48. The van der Waals surface area contributed by atoms with Crippen molar-refractivity contribution in [1.82, 2.24) is 0 Å². The van der Waals surface area contributed by atoms with E-state index in [1.807, 2.05) is 6.07 Å². The SMILES string of the molecule is O=C(CN1CCCc2cccc(F)c21)Nc1cc(F)cc(F)c1. The maximum Gasteiger partial charge on any atom is 0.243 e. The summed E-state index contributed by atoms with van der Waals surface area (Å²) in [6.07, 6.45) is 1.58. The van der Waals surface area contributed by atoms with Crippen molar-refractivity contribution in [3.63, 3.8) is 0 Å². The van der Waals surface area contributed by atoms with Crippen LogP contribution in [-0.4, -0.2) is 19.0 Å². The Balaban J connectivity index is 1.74. The van der Waals surface area contributed by atoms with Crippen LogP contribution in [0.5, 0.6) is 0 Å². The third-order valence-corrected chi connectivity index (χ3v) is 3.74. The predicted octanol–water partition coefficient (Wildman–Crippen LogP) is 3.50. The number of para-hydroxylation sites is 1. The Labute approximate surface area is 131 Å². The lowest BCUT2D eigenvalue weighted by Gasteiger charge is -2.31.